The van der Waals surface area contributed by atoms with Crippen LogP contribution in [0.15, 0.2) is 48.5 Å². The highest BCUT2D eigenvalue weighted by Gasteiger charge is 2.35. The molecular formula is C27H31N5O4S. The Labute approximate surface area is 220 Å². The van der Waals surface area contributed by atoms with Gasteiger partial charge in [-0.2, -0.15) is 0 Å². The summed E-state index contributed by atoms with van der Waals surface area (Å²) in [5.74, 6) is 0.145. The molecule has 0 spiro atoms. The zero-order chi connectivity index (χ0) is 25.6. The Balaban J connectivity index is 1.12. The Morgan fingerprint density at radius 2 is 1.92 bits per heavy atom. The van der Waals surface area contributed by atoms with Crippen molar-refractivity contribution >= 4 is 34.0 Å². The molecule has 3 heterocycles. The van der Waals surface area contributed by atoms with Gasteiger partial charge in [0.25, 0.3) is 0 Å². The van der Waals surface area contributed by atoms with Gasteiger partial charge in [-0.25, -0.2) is 0 Å². The Hall–Kier alpha value is -3.34. The summed E-state index contributed by atoms with van der Waals surface area (Å²) < 4.78 is 11.0. The van der Waals surface area contributed by atoms with Crippen LogP contribution in [0.3, 0.4) is 0 Å². The minimum Gasteiger partial charge on any atom is -0.497 e. The molecule has 37 heavy (non-hydrogen) atoms. The molecule has 2 unspecified atom stereocenters. The van der Waals surface area contributed by atoms with Crippen molar-refractivity contribution in [3.8, 4) is 5.75 Å². The van der Waals surface area contributed by atoms with Gasteiger partial charge in [0.05, 0.1) is 25.7 Å². The first-order chi connectivity index (χ1) is 18.1. The van der Waals surface area contributed by atoms with Crippen LogP contribution in [0.5, 0.6) is 5.75 Å². The van der Waals surface area contributed by atoms with Crippen molar-refractivity contribution in [1.29, 1.82) is 0 Å². The highest BCUT2D eigenvalue weighted by Crippen LogP contribution is 2.27. The van der Waals surface area contributed by atoms with Crippen LogP contribution in [0, 0.1) is 5.92 Å². The lowest BCUT2D eigenvalue weighted by molar-refractivity contribution is -0.122. The summed E-state index contributed by atoms with van der Waals surface area (Å²) in [4.78, 5) is 27.3. The lowest BCUT2D eigenvalue weighted by atomic mass is 10.1. The molecule has 3 aromatic rings. The molecule has 2 atom stereocenters. The maximum Gasteiger partial charge on any atom is 0.231 e. The van der Waals surface area contributed by atoms with Crippen LogP contribution in [0.25, 0.3) is 0 Å². The zero-order valence-corrected chi connectivity index (χ0v) is 21.6. The van der Waals surface area contributed by atoms with E-state index in [1.807, 2.05) is 48.5 Å². The molecule has 10 heteroatoms. The largest absolute Gasteiger partial charge is 0.497 e. The average molecular weight is 522 g/mol. The number of nitrogens with one attached hydrogen (secondary N) is 2. The predicted octanol–water partition coefficient (Wildman–Crippen LogP) is 2.85. The highest BCUT2D eigenvalue weighted by atomic mass is 32.1. The summed E-state index contributed by atoms with van der Waals surface area (Å²) in [5, 5.41) is 15.8. The Kier molecular flexibility index (Phi) is 8.08. The van der Waals surface area contributed by atoms with Gasteiger partial charge in [-0.05, 0) is 48.2 Å². The van der Waals surface area contributed by atoms with Gasteiger partial charge in [0.2, 0.25) is 16.9 Å². The molecule has 2 N–H and O–H groups in total. The smallest absolute Gasteiger partial charge is 0.231 e. The number of amides is 2. The van der Waals surface area contributed by atoms with Crippen LogP contribution in [0.2, 0.25) is 0 Å². The van der Waals surface area contributed by atoms with Crippen molar-refractivity contribution in [1.82, 2.24) is 15.5 Å². The van der Waals surface area contributed by atoms with Gasteiger partial charge in [0, 0.05) is 38.2 Å². The third-order valence-electron chi connectivity index (χ3n) is 6.70. The van der Waals surface area contributed by atoms with Crippen LogP contribution in [0.4, 0.5) is 10.8 Å². The number of methoxy groups -OCH3 is 1. The molecule has 0 radical (unpaired) electrons. The van der Waals surface area contributed by atoms with Crippen molar-refractivity contribution in [2.24, 2.45) is 5.92 Å². The standard InChI is InChI=1S/C27H31N5O4S/c1-35-22-9-4-18(5-10-22)6-11-24-30-31-27(37-24)29-26(34)20-15-25(33)32(17-20)21-7-2-19(3-8-21)14-23-16-28-12-13-36-23/h2-5,7-10,20,23,28H,6,11-17H2,1H3,(H,29,31,34). The van der Waals surface area contributed by atoms with Crippen LogP contribution in [0.1, 0.15) is 22.6 Å². The monoisotopic (exact) mass is 521 g/mol. The highest BCUT2D eigenvalue weighted by molar-refractivity contribution is 7.15. The average Bonchev–Trinajstić information content (AvgIpc) is 3.55. The molecule has 2 saturated heterocycles. The first-order valence-electron chi connectivity index (χ1n) is 12.5. The molecule has 2 aliphatic heterocycles. The Morgan fingerprint density at radius 1 is 1.14 bits per heavy atom. The first-order valence-corrected chi connectivity index (χ1v) is 13.4. The fourth-order valence-electron chi connectivity index (χ4n) is 4.61. The van der Waals surface area contributed by atoms with Crippen molar-refractivity contribution < 1.29 is 19.1 Å². The van der Waals surface area contributed by atoms with Gasteiger partial charge in [-0.1, -0.05) is 35.6 Å². The number of rotatable bonds is 9. The number of hydrogen-bond acceptors (Lipinski definition) is 8. The lowest BCUT2D eigenvalue weighted by Crippen LogP contribution is -2.39. The van der Waals surface area contributed by atoms with E-state index in [0.717, 1.165) is 61.0 Å². The molecular weight excluding hydrogens is 490 g/mol. The van der Waals surface area contributed by atoms with E-state index in [1.54, 1.807) is 12.0 Å². The number of nitrogens with zero attached hydrogens (tertiary/aromatic N) is 3. The van der Waals surface area contributed by atoms with Crippen molar-refractivity contribution in [2.75, 3.05) is 43.6 Å². The minimum atomic E-state index is -0.430. The second-order valence-electron chi connectivity index (χ2n) is 9.31. The quantitative estimate of drug-likeness (QED) is 0.446. The maximum absolute atomic E-state index is 12.9. The fourth-order valence-corrected chi connectivity index (χ4v) is 5.36. The molecule has 5 rings (SSSR count). The molecule has 2 aliphatic rings. The molecule has 2 aromatic carbocycles. The predicted molar refractivity (Wildman–Crippen MR) is 142 cm³/mol. The molecule has 1 aromatic heterocycles. The third-order valence-corrected chi connectivity index (χ3v) is 7.59. The van der Waals surface area contributed by atoms with Gasteiger partial charge in [0.15, 0.2) is 0 Å². The van der Waals surface area contributed by atoms with Crippen LogP contribution in [-0.2, 0) is 33.6 Å². The fraction of sp³-hybridized carbons (Fsp3) is 0.407. The second kappa shape index (κ2) is 11.8. The first kappa shape index (κ1) is 25.3. The van der Waals surface area contributed by atoms with E-state index in [4.69, 9.17) is 9.47 Å². The topological polar surface area (TPSA) is 106 Å². The summed E-state index contributed by atoms with van der Waals surface area (Å²) in [6.07, 6.45) is 2.73. The van der Waals surface area contributed by atoms with E-state index in [9.17, 15) is 9.59 Å². The number of carbonyl (C=O) groups is 2. The normalized spacial score (nSPS) is 19.7. The molecule has 9 nitrogen and oxygen atoms in total. The Bertz CT molecular complexity index is 1210. The van der Waals surface area contributed by atoms with E-state index < -0.39 is 5.92 Å². The lowest BCUT2D eigenvalue weighted by Gasteiger charge is -2.24. The van der Waals surface area contributed by atoms with E-state index in [2.05, 4.69) is 20.8 Å². The number of anilines is 2. The van der Waals surface area contributed by atoms with E-state index in [1.165, 1.54) is 16.9 Å². The van der Waals surface area contributed by atoms with Crippen LogP contribution in [-0.4, -0.2) is 61.5 Å². The molecule has 194 valence electrons. The van der Waals surface area contributed by atoms with Gasteiger partial charge in [-0.15, -0.1) is 10.2 Å². The minimum absolute atomic E-state index is 0.0508. The zero-order valence-electron chi connectivity index (χ0n) is 20.8. The molecule has 2 fully saturated rings. The number of benzene rings is 2. The summed E-state index contributed by atoms with van der Waals surface area (Å²) in [6, 6.07) is 15.9. The van der Waals surface area contributed by atoms with Gasteiger partial charge >= 0.3 is 0 Å². The van der Waals surface area contributed by atoms with Crippen molar-refractivity contribution in [3.63, 3.8) is 0 Å². The number of aromatic nitrogens is 2. The second-order valence-corrected chi connectivity index (χ2v) is 10.4. The van der Waals surface area contributed by atoms with E-state index in [0.29, 0.717) is 11.7 Å². The van der Waals surface area contributed by atoms with Gasteiger partial charge in [0.1, 0.15) is 10.8 Å². The molecule has 0 aliphatic carbocycles. The van der Waals surface area contributed by atoms with Gasteiger partial charge in [-0.3, -0.25) is 9.59 Å². The molecule has 2 amide bonds. The summed E-state index contributed by atoms with van der Waals surface area (Å²) in [5.41, 5.74) is 3.15. The summed E-state index contributed by atoms with van der Waals surface area (Å²) in [6.45, 7) is 2.83. The Morgan fingerprint density at radius 3 is 2.65 bits per heavy atom. The maximum atomic E-state index is 12.9. The number of hydrogen-bond donors (Lipinski definition) is 2. The number of morpholine rings is 1. The van der Waals surface area contributed by atoms with Crippen molar-refractivity contribution in [3.05, 3.63) is 64.7 Å². The number of ether oxygens (including phenoxy) is 2. The summed E-state index contributed by atoms with van der Waals surface area (Å²) in [7, 11) is 1.65. The number of carbonyl (C=O) groups excluding carboxylic acids is 2. The van der Waals surface area contributed by atoms with E-state index >= 15 is 0 Å². The SMILES string of the molecule is COc1ccc(CCc2nnc(NC(=O)C3CC(=O)N(c4ccc(CC5CNCCO5)cc4)C3)s2)cc1. The van der Waals surface area contributed by atoms with Crippen molar-refractivity contribution in [2.45, 2.75) is 31.8 Å². The van der Waals surface area contributed by atoms with Crippen LogP contribution >= 0.6 is 11.3 Å². The van der Waals surface area contributed by atoms with Crippen LogP contribution < -0.4 is 20.3 Å². The third kappa shape index (κ3) is 6.51. The number of aryl methyl sites for hydroxylation is 2. The van der Waals surface area contributed by atoms with E-state index in [-0.39, 0.29) is 24.3 Å². The summed E-state index contributed by atoms with van der Waals surface area (Å²) >= 11 is 1.37. The molecule has 0 bridgehead atoms. The molecule has 0 saturated carbocycles. The van der Waals surface area contributed by atoms with Gasteiger partial charge < -0.3 is 25.0 Å².